The predicted octanol–water partition coefficient (Wildman–Crippen LogP) is 1.68. The summed E-state index contributed by atoms with van der Waals surface area (Å²) in [5.41, 5.74) is 1.07. The topological polar surface area (TPSA) is 51.2 Å². The normalized spacial score (nSPS) is 24.2. The van der Waals surface area contributed by atoms with Crippen LogP contribution in [0.15, 0.2) is 24.3 Å². The van der Waals surface area contributed by atoms with Gasteiger partial charge in [0.05, 0.1) is 38.6 Å². The number of methoxy groups -OCH3 is 1. The maximum absolute atomic E-state index is 10.1. The highest BCUT2D eigenvalue weighted by Gasteiger charge is 2.23. The fraction of sp³-hybridized carbons (Fsp3) is 0.647. The van der Waals surface area contributed by atoms with Crippen molar-refractivity contribution in [3.8, 4) is 5.75 Å². The van der Waals surface area contributed by atoms with Crippen molar-refractivity contribution in [3.05, 3.63) is 29.8 Å². The molecule has 0 amide bonds. The average molecular weight is 309 g/mol. The van der Waals surface area contributed by atoms with Gasteiger partial charge in [-0.2, -0.15) is 0 Å². The molecule has 1 heterocycles. The number of hydrogen-bond acceptors (Lipinski definition) is 5. The Kier molecular flexibility index (Phi) is 6.64. The number of β-amino-alcohol motifs (C(OH)–C–C–N with tert-alkyl or cyclic N) is 1. The molecule has 0 spiro atoms. The first-order valence-corrected chi connectivity index (χ1v) is 7.83. The Morgan fingerprint density at radius 2 is 1.86 bits per heavy atom. The summed E-state index contributed by atoms with van der Waals surface area (Å²) in [7, 11) is 1.65. The first-order chi connectivity index (χ1) is 10.6. The van der Waals surface area contributed by atoms with Crippen LogP contribution < -0.4 is 4.74 Å². The predicted molar refractivity (Wildman–Crippen MR) is 85.1 cm³/mol. The Hall–Kier alpha value is -1.14. The van der Waals surface area contributed by atoms with Gasteiger partial charge in [0.25, 0.3) is 0 Å². The molecule has 0 bridgehead atoms. The van der Waals surface area contributed by atoms with Crippen LogP contribution in [0.5, 0.6) is 5.75 Å². The largest absolute Gasteiger partial charge is 0.497 e. The van der Waals surface area contributed by atoms with Gasteiger partial charge in [0, 0.05) is 19.6 Å². The van der Waals surface area contributed by atoms with E-state index in [2.05, 4.69) is 18.7 Å². The minimum Gasteiger partial charge on any atom is -0.497 e. The fourth-order valence-corrected chi connectivity index (χ4v) is 2.82. The monoisotopic (exact) mass is 309 g/mol. The second-order valence-electron chi connectivity index (χ2n) is 5.99. The van der Waals surface area contributed by atoms with Gasteiger partial charge in [0.15, 0.2) is 0 Å². The first kappa shape index (κ1) is 17.2. The van der Waals surface area contributed by atoms with Crippen molar-refractivity contribution >= 4 is 0 Å². The Morgan fingerprint density at radius 1 is 1.23 bits per heavy atom. The molecule has 1 aliphatic heterocycles. The number of nitrogens with zero attached hydrogens (tertiary/aromatic N) is 1. The standard InChI is InChI=1S/C17H27NO4/c1-13-8-18(9-14(2)22-13)10-16(19)12-21-11-15-4-6-17(20-3)7-5-15/h4-7,13-14,16,19H,8-12H2,1-3H3/t13-,14-,16-/m0/s1. The van der Waals surface area contributed by atoms with E-state index in [1.807, 2.05) is 24.3 Å². The number of aliphatic hydroxyl groups is 1. The number of rotatable bonds is 7. The molecule has 22 heavy (non-hydrogen) atoms. The average Bonchev–Trinajstić information content (AvgIpc) is 2.47. The Bertz CT molecular complexity index is 427. The molecular formula is C17H27NO4. The van der Waals surface area contributed by atoms with Crippen LogP contribution in [0.1, 0.15) is 19.4 Å². The van der Waals surface area contributed by atoms with Crippen molar-refractivity contribution in [2.45, 2.75) is 38.8 Å². The number of aliphatic hydroxyl groups excluding tert-OH is 1. The molecule has 5 heteroatoms. The van der Waals surface area contributed by atoms with Gasteiger partial charge in [-0.05, 0) is 31.5 Å². The minimum absolute atomic E-state index is 0.219. The van der Waals surface area contributed by atoms with E-state index in [9.17, 15) is 5.11 Å². The van der Waals surface area contributed by atoms with Crippen LogP contribution in [0.25, 0.3) is 0 Å². The molecule has 124 valence electrons. The van der Waals surface area contributed by atoms with E-state index in [0.717, 1.165) is 24.4 Å². The van der Waals surface area contributed by atoms with Crippen LogP contribution in [0.3, 0.4) is 0 Å². The van der Waals surface area contributed by atoms with Crippen LogP contribution in [0.4, 0.5) is 0 Å². The molecule has 0 aliphatic carbocycles. The summed E-state index contributed by atoms with van der Waals surface area (Å²) in [4.78, 5) is 2.24. The summed E-state index contributed by atoms with van der Waals surface area (Å²) in [5.74, 6) is 0.833. The van der Waals surface area contributed by atoms with Crippen LogP contribution in [0.2, 0.25) is 0 Å². The Morgan fingerprint density at radius 3 is 2.45 bits per heavy atom. The van der Waals surface area contributed by atoms with Crippen LogP contribution in [0, 0.1) is 0 Å². The highest BCUT2D eigenvalue weighted by atomic mass is 16.5. The van der Waals surface area contributed by atoms with E-state index in [0.29, 0.717) is 19.8 Å². The number of ether oxygens (including phenoxy) is 3. The van der Waals surface area contributed by atoms with Crippen LogP contribution >= 0.6 is 0 Å². The molecule has 5 nitrogen and oxygen atoms in total. The van der Waals surface area contributed by atoms with Gasteiger partial charge < -0.3 is 19.3 Å². The molecule has 1 aliphatic rings. The Balaban J connectivity index is 1.67. The molecule has 0 saturated carbocycles. The summed E-state index contributed by atoms with van der Waals surface area (Å²) in [6.07, 6.45) is -0.0388. The molecule has 1 aromatic rings. The molecule has 2 rings (SSSR count). The van der Waals surface area contributed by atoms with E-state index < -0.39 is 6.10 Å². The van der Waals surface area contributed by atoms with E-state index in [1.165, 1.54) is 0 Å². The summed E-state index contributed by atoms with van der Waals surface area (Å²) in [6, 6.07) is 7.75. The van der Waals surface area contributed by atoms with E-state index >= 15 is 0 Å². The number of benzene rings is 1. The van der Waals surface area contributed by atoms with Crippen molar-refractivity contribution in [1.29, 1.82) is 0 Å². The zero-order valence-electron chi connectivity index (χ0n) is 13.7. The van der Waals surface area contributed by atoms with E-state index in [-0.39, 0.29) is 12.2 Å². The summed E-state index contributed by atoms with van der Waals surface area (Å²) >= 11 is 0. The van der Waals surface area contributed by atoms with Gasteiger partial charge in [-0.15, -0.1) is 0 Å². The maximum atomic E-state index is 10.1. The highest BCUT2D eigenvalue weighted by molar-refractivity contribution is 5.26. The lowest BCUT2D eigenvalue weighted by Crippen LogP contribution is -2.48. The smallest absolute Gasteiger partial charge is 0.118 e. The number of morpholine rings is 1. The third-order valence-corrected chi connectivity index (χ3v) is 3.70. The van der Waals surface area contributed by atoms with Gasteiger partial charge >= 0.3 is 0 Å². The zero-order chi connectivity index (χ0) is 15.9. The van der Waals surface area contributed by atoms with Gasteiger partial charge in [-0.25, -0.2) is 0 Å². The lowest BCUT2D eigenvalue weighted by molar-refractivity contribution is -0.0826. The fourth-order valence-electron chi connectivity index (χ4n) is 2.82. The zero-order valence-corrected chi connectivity index (χ0v) is 13.7. The van der Waals surface area contributed by atoms with E-state index in [1.54, 1.807) is 7.11 Å². The molecule has 3 atom stereocenters. The molecule has 1 aromatic carbocycles. The lowest BCUT2D eigenvalue weighted by atomic mass is 10.2. The van der Waals surface area contributed by atoms with Crippen molar-refractivity contribution in [1.82, 2.24) is 4.90 Å². The molecule has 0 radical (unpaired) electrons. The minimum atomic E-state index is -0.476. The van der Waals surface area contributed by atoms with Crippen molar-refractivity contribution in [3.63, 3.8) is 0 Å². The van der Waals surface area contributed by atoms with Gasteiger partial charge in [0.2, 0.25) is 0 Å². The second kappa shape index (κ2) is 8.48. The summed E-state index contributed by atoms with van der Waals surface area (Å²) in [6.45, 7) is 7.31. The SMILES string of the molecule is COc1ccc(COC[C@@H](O)CN2C[C@H](C)O[C@@H](C)C2)cc1. The quantitative estimate of drug-likeness (QED) is 0.830. The highest BCUT2D eigenvalue weighted by Crippen LogP contribution is 2.13. The summed E-state index contributed by atoms with van der Waals surface area (Å²) < 4.78 is 16.4. The van der Waals surface area contributed by atoms with Gasteiger partial charge in [0.1, 0.15) is 5.75 Å². The van der Waals surface area contributed by atoms with Crippen LogP contribution in [-0.2, 0) is 16.1 Å². The maximum Gasteiger partial charge on any atom is 0.118 e. The van der Waals surface area contributed by atoms with Crippen molar-refractivity contribution < 1.29 is 19.3 Å². The molecule has 1 saturated heterocycles. The van der Waals surface area contributed by atoms with Gasteiger partial charge in [-0.3, -0.25) is 4.90 Å². The molecule has 0 aromatic heterocycles. The lowest BCUT2D eigenvalue weighted by Gasteiger charge is -2.36. The third kappa shape index (κ3) is 5.57. The Labute approximate surface area is 132 Å². The van der Waals surface area contributed by atoms with Gasteiger partial charge in [-0.1, -0.05) is 12.1 Å². The van der Waals surface area contributed by atoms with Crippen molar-refractivity contribution in [2.24, 2.45) is 0 Å². The third-order valence-electron chi connectivity index (χ3n) is 3.70. The van der Waals surface area contributed by atoms with Crippen molar-refractivity contribution in [2.75, 3.05) is 33.4 Å². The first-order valence-electron chi connectivity index (χ1n) is 7.83. The number of hydrogen-bond donors (Lipinski definition) is 1. The summed E-state index contributed by atoms with van der Waals surface area (Å²) in [5, 5.41) is 10.1. The van der Waals surface area contributed by atoms with E-state index in [4.69, 9.17) is 14.2 Å². The van der Waals surface area contributed by atoms with Crippen LogP contribution in [-0.4, -0.2) is 61.7 Å². The molecular weight excluding hydrogens is 282 g/mol. The second-order valence-corrected chi connectivity index (χ2v) is 5.99. The molecule has 0 unspecified atom stereocenters. The molecule has 1 fully saturated rings. The molecule has 1 N–H and O–H groups in total.